The molecule has 0 saturated heterocycles. The number of alkyl halides is 1. The molecule has 0 spiro atoms. The summed E-state index contributed by atoms with van der Waals surface area (Å²) in [4.78, 5) is 0.916. The van der Waals surface area contributed by atoms with Gasteiger partial charge in [0.1, 0.15) is 5.82 Å². The Bertz CT molecular complexity index is 235. The quantitative estimate of drug-likeness (QED) is 0.528. The van der Waals surface area contributed by atoms with Crippen molar-refractivity contribution in [1.82, 2.24) is 0 Å². The van der Waals surface area contributed by atoms with Crippen molar-refractivity contribution in [2.45, 2.75) is 32.1 Å². The lowest BCUT2D eigenvalue weighted by molar-refractivity contribution is 0.604. The molecule has 0 N–H and O–H groups in total. The van der Waals surface area contributed by atoms with Crippen molar-refractivity contribution in [3.05, 3.63) is 22.1 Å². The fraction of sp³-hybridized carbons (Fsp3) is 0.600. The first-order chi connectivity index (χ1) is 6.34. The highest BCUT2D eigenvalue weighted by Crippen LogP contribution is 2.17. The average molecular weight is 265 g/mol. The maximum Gasteiger partial charge on any atom is 0.137 e. The van der Waals surface area contributed by atoms with Gasteiger partial charge in [-0.25, -0.2) is 4.39 Å². The number of hydrogen-bond donors (Lipinski definition) is 0. The summed E-state index contributed by atoms with van der Waals surface area (Å²) >= 11 is 4.92. The molecule has 13 heavy (non-hydrogen) atoms. The summed E-state index contributed by atoms with van der Waals surface area (Å²) in [7, 11) is 0. The van der Waals surface area contributed by atoms with Crippen LogP contribution in [0.1, 0.15) is 30.6 Å². The van der Waals surface area contributed by atoms with Crippen molar-refractivity contribution in [3.8, 4) is 0 Å². The van der Waals surface area contributed by atoms with E-state index in [-0.39, 0.29) is 5.82 Å². The molecular formula is C10H14BrFS. The van der Waals surface area contributed by atoms with Crippen LogP contribution in [-0.2, 0) is 6.42 Å². The van der Waals surface area contributed by atoms with Crippen LogP contribution in [0.2, 0.25) is 0 Å². The van der Waals surface area contributed by atoms with Gasteiger partial charge in [-0.3, -0.25) is 0 Å². The lowest BCUT2D eigenvalue weighted by Gasteiger charge is -1.98. The maximum absolute atomic E-state index is 12.9. The van der Waals surface area contributed by atoms with Crippen molar-refractivity contribution < 1.29 is 4.39 Å². The number of halogens is 2. The van der Waals surface area contributed by atoms with E-state index in [1.807, 2.05) is 5.38 Å². The number of hydrogen-bond acceptors (Lipinski definition) is 1. The molecule has 1 aromatic heterocycles. The van der Waals surface area contributed by atoms with Gasteiger partial charge in [0.05, 0.1) is 0 Å². The minimum Gasteiger partial charge on any atom is -0.206 e. The molecule has 0 fully saturated rings. The zero-order valence-corrected chi connectivity index (χ0v) is 9.96. The Labute approximate surface area is 91.3 Å². The van der Waals surface area contributed by atoms with E-state index in [0.717, 1.165) is 23.0 Å². The highest BCUT2D eigenvalue weighted by Gasteiger charge is 2.01. The monoisotopic (exact) mass is 264 g/mol. The fourth-order valence-electron chi connectivity index (χ4n) is 1.24. The molecule has 0 atom stereocenters. The Morgan fingerprint density at radius 2 is 2.00 bits per heavy atom. The third-order valence-corrected chi connectivity index (χ3v) is 3.50. The van der Waals surface area contributed by atoms with Gasteiger partial charge in [0.25, 0.3) is 0 Å². The van der Waals surface area contributed by atoms with Crippen LogP contribution in [0.3, 0.4) is 0 Å². The molecule has 3 heteroatoms. The Kier molecular flexibility index (Phi) is 5.63. The van der Waals surface area contributed by atoms with Crippen molar-refractivity contribution in [2.75, 3.05) is 5.33 Å². The van der Waals surface area contributed by atoms with E-state index in [9.17, 15) is 4.39 Å². The summed E-state index contributed by atoms with van der Waals surface area (Å²) in [6.45, 7) is 0. The Balaban J connectivity index is 2.10. The molecule has 1 rings (SSSR count). The minimum atomic E-state index is -0.0227. The van der Waals surface area contributed by atoms with Gasteiger partial charge in [-0.05, 0) is 30.7 Å². The van der Waals surface area contributed by atoms with Crippen LogP contribution in [0.5, 0.6) is 0 Å². The second-order valence-corrected chi connectivity index (χ2v) is 4.84. The standard InChI is InChI=1S/C10H14BrFS/c11-7-4-2-1-3-5-10-9(12)6-8-13-10/h6,8H,1-5,7H2. The first-order valence-electron chi connectivity index (χ1n) is 4.62. The SMILES string of the molecule is Fc1ccsc1CCCCCCBr. The third-order valence-electron chi connectivity index (χ3n) is 1.98. The molecule has 0 aliphatic carbocycles. The van der Waals surface area contributed by atoms with Gasteiger partial charge in [-0.2, -0.15) is 0 Å². The van der Waals surface area contributed by atoms with Gasteiger partial charge in [0, 0.05) is 10.2 Å². The van der Waals surface area contributed by atoms with Crippen LogP contribution in [-0.4, -0.2) is 5.33 Å². The van der Waals surface area contributed by atoms with Crippen LogP contribution in [0.4, 0.5) is 4.39 Å². The van der Waals surface area contributed by atoms with E-state index >= 15 is 0 Å². The first-order valence-corrected chi connectivity index (χ1v) is 6.62. The lowest BCUT2D eigenvalue weighted by Crippen LogP contribution is -1.85. The molecule has 0 nitrogen and oxygen atoms in total. The van der Waals surface area contributed by atoms with Gasteiger partial charge in [0.2, 0.25) is 0 Å². The topological polar surface area (TPSA) is 0 Å². The van der Waals surface area contributed by atoms with Crippen molar-refractivity contribution >= 4 is 27.3 Å². The van der Waals surface area contributed by atoms with E-state index in [1.165, 1.54) is 30.6 Å². The summed E-state index contributed by atoms with van der Waals surface area (Å²) in [6.07, 6.45) is 5.71. The van der Waals surface area contributed by atoms with E-state index in [1.54, 1.807) is 6.07 Å². The summed E-state index contributed by atoms with van der Waals surface area (Å²) in [6, 6.07) is 1.55. The number of thiophene rings is 1. The van der Waals surface area contributed by atoms with Gasteiger partial charge < -0.3 is 0 Å². The predicted octanol–water partition coefficient (Wildman–Crippen LogP) is 4.39. The van der Waals surface area contributed by atoms with E-state index in [4.69, 9.17) is 0 Å². The summed E-state index contributed by atoms with van der Waals surface area (Å²) in [5.74, 6) is -0.0227. The van der Waals surface area contributed by atoms with Crippen molar-refractivity contribution in [3.63, 3.8) is 0 Å². The summed E-state index contributed by atoms with van der Waals surface area (Å²) < 4.78 is 12.9. The first kappa shape index (κ1) is 11.2. The highest BCUT2D eigenvalue weighted by molar-refractivity contribution is 9.09. The van der Waals surface area contributed by atoms with Gasteiger partial charge in [-0.1, -0.05) is 28.8 Å². The average Bonchev–Trinajstić information content (AvgIpc) is 2.52. The Morgan fingerprint density at radius 1 is 1.23 bits per heavy atom. The molecule has 1 heterocycles. The van der Waals surface area contributed by atoms with Crippen LogP contribution in [0.25, 0.3) is 0 Å². The van der Waals surface area contributed by atoms with E-state index in [0.29, 0.717) is 0 Å². The Morgan fingerprint density at radius 3 is 2.62 bits per heavy atom. The summed E-state index contributed by atoms with van der Waals surface area (Å²) in [5, 5.41) is 2.91. The normalized spacial score (nSPS) is 10.6. The van der Waals surface area contributed by atoms with Crippen molar-refractivity contribution in [1.29, 1.82) is 0 Å². The number of unbranched alkanes of at least 4 members (excludes halogenated alkanes) is 3. The molecular weight excluding hydrogens is 251 g/mol. The van der Waals surface area contributed by atoms with E-state index < -0.39 is 0 Å². The van der Waals surface area contributed by atoms with Crippen LogP contribution in [0.15, 0.2) is 11.4 Å². The van der Waals surface area contributed by atoms with E-state index in [2.05, 4.69) is 15.9 Å². The number of rotatable bonds is 6. The molecule has 0 amide bonds. The van der Waals surface area contributed by atoms with Crippen LogP contribution < -0.4 is 0 Å². The molecule has 0 aromatic carbocycles. The predicted molar refractivity (Wildman–Crippen MR) is 60.2 cm³/mol. The molecule has 0 saturated carbocycles. The molecule has 74 valence electrons. The molecule has 0 unspecified atom stereocenters. The largest absolute Gasteiger partial charge is 0.206 e. The van der Waals surface area contributed by atoms with Crippen LogP contribution in [0, 0.1) is 5.82 Å². The second-order valence-electron chi connectivity index (χ2n) is 3.04. The van der Waals surface area contributed by atoms with Crippen molar-refractivity contribution in [2.24, 2.45) is 0 Å². The third kappa shape index (κ3) is 4.23. The zero-order chi connectivity index (χ0) is 9.52. The molecule has 0 aliphatic rings. The molecule has 0 aliphatic heterocycles. The fourth-order valence-corrected chi connectivity index (χ4v) is 2.43. The second kappa shape index (κ2) is 6.55. The van der Waals surface area contributed by atoms with Gasteiger partial charge in [-0.15, -0.1) is 11.3 Å². The molecule has 0 radical (unpaired) electrons. The molecule has 0 bridgehead atoms. The number of aryl methyl sites for hydroxylation is 1. The molecule has 1 aromatic rings. The minimum absolute atomic E-state index is 0.0227. The highest BCUT2D eigenvalue weighted by atomic mass is 79.9. The Hall–Kier alpha value is 0.110. The summed E-state index contributed by atoms with van der Waals surface area (Å²) in [5.41, 5.74) is 0. The smallest absolute Gasteiger partial charge is 0.137 e. The van der Waals surface area contributed by atoms with Gasteiger partial charge >= 0.3 is 0 Å². The zero-order valence-electron chi connectivity index (χ0n) is 7.56. The van der Waals surface area contributed by atoms with Crippen LogP contribution >= 0.6 is 27.3 Å². The maximum atomic E-state index is 12.9. The van der Waals surface area contributed by atoms with Gasteiger partial charge in [0.15, 0.2) is 0 Å². The lowest BCUT2D eigenvalue weighted by atomic mass is 10.1.